The number of benzene rings is 2. The van der Waals surface area contributed by atoms with Gasteiger partial charge < -0.3 is 19.9 Å². The van der Waals surface area contributed by atoms with Crippen LogP contribution < -0.4 is 10.1 Å². The fourth-order valence-corrected chi connectivity index (χ4v) is 2.82. The van der Waals surface area contributed by atoms with Crippen molar-refractivity contribution in [3.63, 3.8) is 0 Å². The summed E-state index contributed by atoms with van der Waals surface area (Å²) in [6.45, 7) is 4.05. The van der Waals surface area contributed by atoms with Crippen molar-refractivity contribution in [1.82, 2.24) is 9.80 Å². The number of hydrogen-bond acceptors (Lipinski definition) is 3. The number of hydrogen-bond donors (Lipinski definition) is 1. The van der Waals surface area contributed by atoms with E-state index in [1.165, 1.54) is 0 Å². The Bertz CT molecular complexity index is 673. The highest BCUT2D eigenvalue weighted by Crippen LogP contribution is 2.15. The van der Waals surface area contributed by atoms with Gasteiger partial charge in [0.05, 0.1) is 0 Å². The van der Waals surface area contributed by atoms with Gasteiger partial charge in [0, 0.05) is 25.3 Å². The van der Waals surface area contributed by atoms with Crippen molar-refractivity contribution in [2.45, 2.75) is 13.0 Å². The number of nitrogens with one attached hydrogen (secondary N) is 1. The van der Waals surface area contributed by atoms with Crippen LogP contribution in [0.3, 0.4) is 0 Å². The van der Waals surface area contributed by atoms with Gasteiger partial charge in [0.15, 0.2) is 0 Å². The second kappa shape index (κ2) is 8.53. The number of urea groups is 1. The van der Waals surface area contributed by atoms with Crippen LogP contribution in [-0.2, 0) is 6.61 Å². The number of carbonyl (C=O) groups is 1. The maximum atomic E-state index is 12.4. The summed E-state index contributed by atoms with van der Waals surface area (Å²) in [6.07, 6.45) is 1.01. The van der Waals surface area contributed by atoms with E-state index < -0.39 is 0 Å². The highest BCUT2D eigenvalue weighted by Gasteiger charge is 2.17. The minimum absolute atomic E-state index is 0.0245. The van der Waals surface area contributed by atoms with E-state index in [4.69, 9.17) is 4.74 Å². The quantitative estimate of drug-likeness (QED) is 0.928. The minimum Gasteiger partial charge on any atom is -0.489 e. The van der Waals surface area contributed by atoms with Crippen molar-refractivity contribution >= 4 is 11.7 Å². The standard InChI is InChI=1S/C20H25N3O2/c1-22-12-5-13-23(15-14-22)20(24)21-18-10-8-17(9-11-18)16-25-19-6-3-2-4-7-19/h2-4,6-11H,5,12-16H2,1H3,(H,21,24). The number of amides is 2. The Morgan fingerprint density at radius 1 is 1.00 bits per heavy atom. The maximum absolute atomic E-state index is 12.4. The lowest BCUT2D eigenvalue weighted by Gasteiger charge is -2.21. The third kappa shape index (κ3) is 5.22. The van der Waals surface area contributed by atoms with Crippen molar-refractivity contribution in [3.05, 3.63) is 60.2 Å². The smallest absolute Gasteiger partial charge is 0.321 e. The molecule has 0 aromatic heterocycles. The molecule has 1 heterocycles. The zero-order valence-corrected chi connectivity index (χ0v) is 14.6. The second-order valence-electron chi connectivity index (χ2n) is 6.37. The molecular weight excluding hydrogens is 314 g/mol. The molecule has 2 aromatic rings. The third-order valence-electron chi connectivity index (χ3n) is 4.36. The summed E-state index contributed by atoms with van der Waals surface area (Å²) < 4.78 is 5.73. The number of rotatable bonds is 4. The highest BCUT2D eigenvalue weighted by molar-refractivity contribution is 5.89. The summed E-state index contributed by atoms with van der Waals surface area (Å²) in [5.74, 6) is 0.853. The lowest BCUT2D eigenvalue weighted by atomic mass is 10.2. The van der Waals surface area contributed by atoms with Crippen molar-refractivity contribution in [2.75, 3.05) is 38.5 Å². The van der Waals surface area contributed by atoms with Crippen LogP contribution in [0.2, 0.25) is 0 Å². The van der Waals surface area contributed by atoms with E-state index in [-0.39, 0.29) is 6.03 Å². The van der Waals surface area contributed by atoms with Gasteiger partial charge in [0.25, 0.3) is 0 Å². The van der Waals surface area contributed by atoms with E-state index in [9.17, 15) is 4.79 Å². The molecule has 0 radical (unpaired) electrons. The first-order chi connectivity index (χ1) is 12.2. The van der Waals surface area contributed by atoms with Crippen LogP contribution >= 0.6 is 0 Å². The fraction of sp³-hybridized carbons (Fsp3) is 0.350. The number of anilines is 1. The first-order valence-electron chi connectivity index (χ1n) is 8.72. The SMILES string of the molecule is CN1CCCN(C(=O)Nc2ccc(COc3ccccc3)cc2)CC1. The Hall–Kier alpha value is -2.53. The van der Waals surface area contributed by atoms with Crippen molar-refractivity contribution in [2.24, 2.45) is 0 Å². The molecule has 1 saturated heterocycles. The summed E-state index contributed by atoms with van der Waals surface area (Å²) in [5.41, 5.74) is 1.88. The molecule has 0 aliphatic carbocycles. The predicted octanol–water partition coefficient (Wildman–Crippen LogP) is 3.44. The molecule has 2 amide bonds. The second-order valence-corrected chi connectivity index (χ2v) is 6.37. The molecular formula is C20H25N3O2. The molecule has 25 heavy (non-hydrogen) atoms. The van der Waals surface area contributed by atoms with Crippen LogP contribution in [0, 0.1) is 0 Å². The Balaban J connectivity index is 1.51. The lowest BCUT2D eigenvalue weighted by Crippen LogP contribution is -2.37. The van der Waals surface area contributed by atoms with Crippen molar-refractivity contribution in [1.29, 1.82) is 0 Å². The first kappa shape index (κ1) is 17.3. The van der Waals surface area contributed by atoms with Gasteiger partial charge in [-0.25, -0.2) is 4.79 Å². The molecule has 0 unspecified atom stereocenters. The monoisotopic (exact) mass is 339 g/mol. The predicted molar refractivity (Wildman–Crippen MR) is 99.9 cm³/mol. The average Bonchev–Trinajstić information content (AvgIpc) is 2.87. The normalized spacial score (nSPS) is 15.5. The van der Waals surface area contributed by atoms with Crippen molar-refractivity contribution < 1.29 is 9.53 Å². The Morgan fingerprint density at radius 3 is 2.52 bits per heavy atom. The van der Waals surface area contributed by atoms with Gasteiger partial charge in [0.2, 0.25) is 0 Å². The number of nitrogens with zero attached hydrogens (tertiary/aromatic N) is 2. The average molecular weight is 339 g/mol. The minimum atomic E-state index is -0.0245. The Labute approximate surface area is 149 Å². The summed E-state index contributed by atoms with van der Waals surface area (Å²) in [6, 6.07) is 17.5. The van der Waals surface area contributed by atoms with E-state index in [1.807, 2.05) is 59.5 Å². The largest absolute Gasteiger partial charge is 0.489 e. The van der Waals surface area contributed by atoms with Gasteiger partial charge in [-0.3, -0.25) is 0 Å². The Morgan fingerprint density at radius 2 is 1.76 bits per heavy atom. The van der Waals surface area contributed by atoms with Crippen LogP contribution in [0.5, 0.6) is 5.75 Å². The molecule has 5 nitrogen and oxygen atoms in total. The lowest BCUT2D eigenvalue weighted by molar-refractivity contribution is 0.213. The third-order valence-corrected chi connectivity index (χ3v) is 4.36. The molecule has 3 rings (SSSR count). The number of carbonyl (C=O) groups excluding carboxylic acids is 1. The molecule has 1 aliphatic heterocycles. The summed E-state index contributed by atoms with van der Waals surface area (Å²) in [4.78, 5) is 16.5. The number of ether oxygens (including phenoxy) is 1. The molecule has 2 aromatic carbocycles. The van der Waals surface area contributed by atoms with Gasteiger partial charge in [0.1, 0.15) is 12.4 Å². The summed E-state index contributed by atoms with van der Waals surface area (Å²) >= 11 is 0. The molecule has 1 N–H and O–H groups in total. The molecule has 1 fully saturated rings. The van der Waals surface area contributed by atoms with Gasteiger partial charge in [-0.1, -0.05) is 30.3 Å². The first-order valence-corrected chi connectivity index (χ1v) is 8.72. The van der Waals surface area contributed by atoms with E-state index in [1.54, 1.807) is 0 Å². The molecule has 0 bridgehead atoms. The summed E-state index contributed by atoms with van der Waals surface area (Å²) in [7, 11) is 2.09. The van der Waals surface area contributed by atoms with Crippen LogP contribution in [0.15, 0.2) is 54.6 Å². The molecule has 132 valence electrons. The van der Waals surface area contributed by atoms with Gasteiger partial charge in [-0.15, -0.1) is 0 Å². The highest BCUT2D eigenvalue weighted by atomic mass is 16.5. The van der Waals surface area contributed by atoms with Crippen LogP contribution in [0.1, 0.15) is 12.0 Å². The maximum Gasteiger partial charge on any atom is 0.321 e. The van der Waals surface area contributed by atoms with E-state index in [0.717, 1.165) is 49.6 Å². The van der Waals surface area contributed by atoms with Gasteiger partial charge in [-0.05, 0) is 49.8 Å². The Kier molecular flexibility index (Phi) is 5.90. The van der Waals surface area contributed by atoms with Gasteiger partial charge in [-0.2, -0.15) is 0 Å². The van der Waals surface area contributed by atoms with Crippen LogP contribution in [0.25, 0.3) is 0 Å². The zero-order valence-electron chi connectivity index (χ0n) is 14.6. The van der Waals surface area contributed by atoms with Crippen LogP contribution in [-0.4, -0.2) is 49.1 Å². The van der Waals surface area contributed by atoms with E-state index in [2.05, 4.69) is 17.3 Å². The molecule has 0 saturated carbocycles. The van der Waals surface area contributed by atoms with Crippen molar-refractivity contribution in [3.8, 4) is 5.75 Å². The zero-order chi connectivity index (χ0) is 17.5. The number of likely N-dealkylation sites (N-methyl/N-ethyl adjacent to an activating group) is 1. The topological polar surface area (TPSA) is 44.8 Å². The molecule has 0 atom stereocenters. The van der Waals surface area contributed by atoms with Gasteiger partial charge >= 0.3 is 6.03 Å². The van der Waals surface area contributed by atoms with Crippen LogP contribution in [0.4, 0.5) is 10.5 Å². The van der Waals surface area contributed by atoms with E-state index >= 15 is 0 Å². The fourth-order valence-electron chi connectivity index (χ4n) is 2.82. The molecule has 5 heteroatoms. The molecule has 0 spiro atoms. The molecule has 1 aliphatic rings. The van der Waals surface area contributed by atoms with E-state index in [0.29, 0.717) is 6.61 Å². The summed E-state index contributed by atoms with van der Waals surface area (Å²) in [5, 5.41) is 2.98. The number of para-hydroxylation sites is 1.